The molecular weight excluding hydrogens is 347 g/mol. The van der Waals surface area contributed by atoms with Crippen LogP contribution in [0.25, 0.3) is 11.0 Å². The van der Waals surface area contributed by atoms with Gasteiger partial charge in [0.2, 0.25) is 0 Å². The van der Waals surface area contributed by atoms with Gasteiger partial charge in [-0.1, -0.05) is 0 Å². The van der Waals surface area contributed by atoms with E-state index in [1.165, 1.54) is 12.4 Å². The van der Waals surface area contributed by atoms with Crippen LogP contribution in [-0.4, -0.2) is 51.8 Å². The first kappa shape index (κ1) is 17.3. The molecule has 0 aromatic carbocycles. The third-order valence-electron chi connectivity index (χ3n) is 5.53. The van der Waals surface area contributed by atoms with Crippen LogP contribution in [0.1, 0.15) is 36.0 Å². The molecule has 0 saturated carbocycles. The second-order valence-corrected chi connectivity index (χ2v) is 7.21. The minimum absolute atomic E-state index is 0.139. The highest BCUT2D eigenvalue weighted by Gasteiger charge is 2.40. The molecule has 4 heterocycles. The lowest BCUT2D eigenvalue weighted by molar-refractivity contribution is -0.140. The smallest absolute Gasteiger partial charge is 0.406 e. The van der Waals surface area contributed by atoms with Crippen LogP contribution < -0.4 is 0 Å². The summed E-state index contributed by atoms with van der Waals surface area (Å²) in [6.45, 7) is -1.19. The highest BCUT2D eigenvalue weighted by Crippen LogP contribution is 2.36. The Morgan fingerprint density at radius 2 is 2.00 bits per heavy atom. The summed E-state index contributed by atoms with van der Waals surface area (Å²) in [4.78, 5) is 19.0. The number of ether oxygens (including phenoxy) is 1. The van der Waals surface area contributed by atoms with Crippen LogP contribution in [0.4, 0.5) is 13.2 Å². The Bertz CT molecular complexity index is 819. The van der Waals surface area contributed by atoms with Gasteiger partial charge in [-0.2, -0.15) is 13.2 Å². The number of rotatable bonds is 3. The van der Waals surface area contributed by atoms with E-state index in [9.17, 15) is 18.0 Å². The molecule has 2 bridgehead atoms. The van der Waals surface area contributed by atoms with Gasteiger partial charge in [0.15, 0.2) is 0 Å². The molecule has 4 rings (SSSR count). The predicted molar refractivity (Wildman–Crippen MR) is 88.8 cm³/mol. The maximum atomic E-state index is 12.8. The fraction of sp³-hybridized carbons (Fsp3) is 0.556. The van der Waals surface area contributed by atoms with Gasteiger partial charge in [0, 0.05) is 42.7 Å². The van der Waals surface area contributed by atoms with Crippen molar-refractivity contribution in [3.63, 3.8) is 0 Å². The van der Waals surface area contributed by atoms with Gasteiger partial charge in [0.05, 0.1) is 5.56 Å². The van der Waals surface area contributed by atoms with Gasteiger partial charge in [0.1, 0.15) is 18.3 Å². The van der Waals surface area contributed by atoms with Crippen molar-refractivity contribution in [1.29, 1.82) is 0 Å². The lowest BCUT2D eigenvalue weighted by Crippen LogP contribution is -2.43. The molecule has 2 aliphatic rings. The van der Waals surface area contributed by atoms with Gasteiger partial charge >= 0.3 is 12.1 Å². The van der Waals surface area contributed by atoms with Gasteiger partial charge < -0.3 is 14.2 Å². The number of piperidine rings is 1. The largest absolute Gasteiger partial charge is 0.459 e. The standard InChI is InChI=1S/C18H20F3N3O2/c1-23-11-4-5-12(23)8-13(7-11)26-17(25)15-9-24(10-18(19,20)21)16-14(15)3-2-6-22-16/h2-3,6,9,11-13H,4-5,7-8,10H2,1H3/t11-,12+,13-. The van der Waals surface area contributed by atoms with Gasteiger partial charge in [-0.3, -0.25) is 0 Å². The van der Waals surface area contributed by atoms with Gasteiger partial charge in [-0.15, -0.1) is 0 Å². The van der Waals surface area contributed by atoms with Gasteiger partial charge in [-0.05, 0) is 32.0 Å². The molecule has 2 aliphatic heterocycles. The summed E-state index contributed by atoms with van der Waals surface area (Å²) >= 11 is 0. The topological polar surface area (TPSA) is 47.4 Å². The number of carbonyl (C=O) groups excluding carboxylic acids is 1. The number of esters is 1. The Morgan fingerprint density at radius 1 is 1.31 bits per heavy atom. The van der Waals surface area contributed by atoms with E-state index in [4.69, 9.17) is 4.74 Å². The quantitative estimate of drug-likeness (QED) is 0.781. The number of fused-ring (bicyclic) bond motifs is 3. The average Bonchev–Trinajstić information content (AvgIpc) is 3.00. The summed E-state index contributed by atoms with van der Waals surface area (Å²) in [5.41, 5.74) is 0.281. The molecule has 3 atom stereocenters. The molecular formula is C18H20F3N3O2. The number of hydrogen-bond donors (Lipinski definition) is 0. The monoisotopic (exact) mass is 367 g/mol. The van der Waals surface area contributed by atoms with Crippen molar-refractivity contribution in [1.82, 2.24) is 14.5 Å². The molecule has 0 aliphatic carbocycles. The normalized spacial score (nSPS) is 26.4. The zero-order valence-corrected chi connectivity index (χ0v) is 14.4. The van der Waals surface area contributed by atoms with Crippen molar-refractivity contribution in [2.75, 3.05) is 7.05 Å². The first-order chi connectivity index (χ1) is 12.3. The molecule has 2 fully saturated rings. The minimum atomic E-state index is -4.39. The molecule has 0 spiro atoms. The molecule has 5 nitrogen and oxygen atoms in total. The lowest BCUT2D eigenvalue weighted by atomic mass is 10.0. The lowest BCUT2D eigenvalue weighted by Gasteiger charge is -2.35. The molecule has 0 N–H and O–H groups in total. The molecule has 26 heavy (non-hydrogen) atoms. The zero-order chi connectivity index (χ0) is 18.5. The van der Waals surface area contributed by atoms with Crippen LogP contribution >= 0.6 is 0 Å². The Kier molecular flexibility index (Phi) is 4.17. The Morgan fingerprint density at radius 3 is 2.65 bits per heavy atom. The molecule has 2 saturated heterocycles. The summed E-state index contributed by atoms with van der Waals surface area (Å²) in [7, 11) is 2.09. The highest BCUT2D eigenvalue weighted by molar-refractivity contribution is 6.03. The van der Waals surface area contributed by atoms with Crippen LogP contribution in [-0.2, 0) is 11.3 Å². The number of halogens is 3. The maximum absolute atomic E-state index is 12.8. The van der Waals surface area contributed by atoms with E-state index >= 15 is 0 Å². The summed E-state index contributed by atoms with van der Waals surface area (Å²) in [6, 6.07) is 4.04. The second-order valence-electron chi connectivity index (χ2n) is 7.21. The van der Waals surface area contributed by atoms with Crippen LogP contribution in [0.3, 0.4) is 0 Å². The molecule has 8 heteroatoms. The minimum Gasteiger partial charge on any atom is -0.459 e. The molecule has 0 unspecified atom stereocenters. The molecule has 140 valence electrons. The summed E-state index contributed by atoms with van der Waals surface area (Å²) in [5.74, 6) is -0.571. The summed E-state index contributed by atoms with van der Waals surface area (Å²) in [6.07, 6.45) is 1.80. The molecule has 0 amide bonds. The number of carbonyl (C=O) groups is 1. The number of nitrogens with zero attached hydrogens (tertiary/aromatic N) is 3. The van der Waals surface area contributed by atoms with Crippen LogP contribution in [0.15, 0.2) is 24.5 Å². The van der Waals surface area contributed by atoms with E-state index < -0.39 is 18.7 Å². The van der Waals surface area contributed by atoms with Crippen molar-refractivity contribution in [2.24, 2.45) is 0 Å². The van der Waals surface area contributed by atoms with E-state index in [-0.39, 0.29) is 17.3 Å². The maximum Gasteiger partial charge on any atom is 0.406 e. The molecule has 0 radical (unpaired) electrons. The van der Waals surface area contributed by atoms with E-state index in [0.29, 0.717) is 17.5 Å². The fourth-order valence-electron chi connectivity index (χ4n) is 4.27. The first-order valence-corrected chi connectivity index (χ1v) is 8.75. The number of hydrogen-bond acceptors (Lipinski definition) is 4. The summed E-state index contributed by atoms with van der Waals surface area (Å²) in [5, 5.41) is 0.387. The molecule has 2 aromatic heterocycles. The predicted octanol–water partition coefficient (Wildman–Crippen LogP) is 3.38. The zero-order valence-electron chi connectivity index (χ0n) is 14.4. The second kappa shape index (κ2) is 6.26. The average molecular weight is 367 g/mol. The van der Waals surface area contributed by atoms with Gasteiger partial charge in [0.25, 0.3) is 0 Å². The number of pyridine rings is 1. The van der Waals surface area contributed by atoms with Crippen molar-refractivity contribution in [2.45, 2.75) is 56.6 Å². The van der Waals surface area contributed by atoms with Crippen molar-refractivity contribution < 1.29 is 22.7 Å². The number of aromatic nitrogens is 2. The van der Waals surface area contributed by atoms with Crippen LogP contribution in [0.5, 0.6) is 0 Å². The van der Waals surface area contributed by atoms with Crippen LogP contribution in [0, 0.1) is 0 Å². The van der Waals surface area contributed by atoms with Crippen LogP contribution in [0.2, 0.25) is 0 Å². The number of alkyl halides is 3. The van der Waals surface area contributed by atoms with E-state index in [2.05, 4.69) is 16.9 Å². The third kappa shape index (κ3) is 3.18. The van der Waals surface area contributed by atoms with E-state index in [1.807, 2.05) is 0 Å². The first-order valence-electron chi connectivity index (χ1n) is 8.75. The Labute approximate surface area is 148 Å². The molecule has 2 aromatic rings. The fourth-order valence-corrected chi connectivity index (χ4v) is 4.27. The van der Waals surface area contributed by atoms with Crippen molar-refractivity contribution in [3.8, 4) is 0 Å². The van der Waals surface area contributed by atoms with E-state index in [1.54, 1.807) is 12.1 Å². The summed E-state index contributed by atoms with van der Waals surface area (Å²) < 4.78 is 45.1. The Hall–Kier alpha value is -2.09. The third-order valence-corrected chi connectivity index (χ3v) is 5.53. The van der Waals surface area contributed by atoms with Crippen molar-refractivity contribution in [3.05, 3.63) is 30.1 Å². The van der Waals surface area contributed by atoms with Crippen molar-refractivity contribution >= 4 is 17.0 Å². The van der Waals surface area contributed by atoms with E-state index in [0.717, 1.165) is 30.3 Å². The SMILES string of the molecule is CN1[C@@H]2CC[C@H]1C[C@H](OC(=O)c1cn(CC(F)(F)F)c3ncccc13)C2. The highest BCUT2D eigenvalue weighted by atomic mass is 19.4. The van der Waals surface area contributed by atoms with Gasteiger partial charge in [-0.25, -0.2) is 9.78 Å². The Balaban J connectivity index is 1.57.